The van der Waals surface area contributed by atoms with E-state index in [1.54, 1.807) is 12.1 Å². The van der Waals surface area contributed by atoms with E-state index in [4.69, 9.17) is 28.6 Å². The van der Waals surface area contributed by atoms with Crippen molar-refractivity contribution in [2.45, 2.75) is 19.9 Å². The third-order valence-electron chi connectivity index (χ3n) is 4.13. The van der Waals surface area contributed by atoms with Gasteiger partial charge in [0.2, 0.25) is 0 Å². The lowest BCUT2D eigenvalue weighted by Crippen LogP contribution is -2.45. The van der Waals surface area contributed by atoms with Crippen LogP contribution in [-0.4, -0.2) is 17.6 Å². The van der Waals surface area contributed by atoms with E-state index in [9.17, 15) is 4.79 Å². The molecule has 0 radical (unpaired) electrons. The maximum absolute atomic E-state index is 13.0. The maximum atomic E-state index is 13.0. The molecule has 7 heteroatoms. The molecule has 0 saturated carbocycles. The summed E-state index contributed by atoms with van der Waals surface area (Å²) in [6.45, 7) is 4.25. The summed E-state index contributed by atoms with van der Waals surface area (Å²) in [6, 6.07) is 14.4. The SMILES string of the molecule is CCOc1ccc([C@@H]2NC(=S)NC(C)=C2C(=O)Nc2ccccc2)cc1Cl. The Balaban J connectivity index is 1.94. The fourth-order valence-corrected chi connectivity index (χ4v) is 3.45. The number of thiocarbonyl (C=S) groups is 1. The zero-order valence-electron chi connectivity index (χ0n) is 15.0. The topological polar surface area (TPSA) is 62.4 Å². The maximum Gasteiger partial charge on any atom is 0.255 e. The Kier molecular flexibility index (Phi) is 5.98. The summed E-state index contributed by atoms with van der Waals surface area (Å²) in [7, 11) is 0. The summed E-state index contributed by atoms with van der Waals surface area (Å²) in [4.78, 5) is 13.0. The quantitative estimate of drug-likeness (QED) is 0.656. The fourth-order valence-electron chi connectivity index (χ4n) is 2.93. The van der Waals surface area contributed by atoms with Crippen molar-refractivity contribution < 1.29 is 9.53 Å². The molecule has 2 aromatic carbocycles. The standard InChI is InChI=1S/C20H20ClN3O2S/c1-3-26-16-10-9-13(11-15(16)21)18-17(12(2)22-20(27)24-18)19(25)23-14-7-5-4-6-8-14/h4-11,18H,3H2,1-2H3,(H,23,25)(H2,22,24,27)/t18-/m0/s1. The molecule has 1 aliphatic rings. The molecule has 0 spiro atoms. The van der Waals surface area contributed by atoms with Gasteiger partial charge in [0.15, 0.2) is 5.11 Å². The first-order valence-corrected chi connectivity index (χ1v) is 9.35. The highest BCUT2D eigenvalue weighted by atomic mass is 35.5. The smallest absolute Gasteiger partial charge is 0.255 e. The number of carbonyl (C=O) groups is 1. The Morgan fingerprint density at radius 2 is 2.00 bits per heavy atom. The monoisotopic (exact) mass is 401 g/mol. The molecule has 27 heavy (non-hydrogen) atoms. The Labute approximate surface area is 168 Å². The van der Waals surface area contributed by atoms with Crippen LogP contribution in [0.1, 0.15) is 25.5 Å². The summed E-state index contributed by atoms with van der Waals surface area (Å²) < 4.78 is 5.49. The van der Waals surface area contributed by atoms with Crippen molar-refractivity contribution >= 4 is 40.5 Å². The molecule has 0 saturated heterocycles. The van der Waals surface area contributed by atoms with Crippen LogP contribution in [0.25, 0.3) is 0 Å². The van der Waals surface area contributed by atoms with E-state index >= 15 is 0 Å². The van der Waals surface area contributed by atoms with Crippen molar-refractivity contribution in [1.29, 1.82) is 0 Å². The Morgan fingerprint density at radius 1 is 1.26 bits per heavy atom. The largest absolute Gasteiger partial charge is 0.492 e. The van der Waals surface area contributed by atoms with E-state index in [-0.39, 0.29) is 5.91 Å². The van der Waals surface area contributed by atoms with Gasteiger partial charge in [-0.1, -0.05) is 35.9 Å². The van der Waals surface area contributed by atoms with Gasteiger partial charge in [-0.25, -0.2) is 0 Å². The molecule has 0 bridgehead atoms. The van der Waals surface area contributed by atoms with Crippen molar-refractivity contribution in [3.05, 3.63) is 70.4 Å². The van der Waals surface area contributed by atoms with Crippen LogP contribution < -0.4 is 20.7 Å². The van der Waals surface area contributed by atoms with Gasteiger partial charge in [0.1, 0.15) is 5.75 Å². The highest BCUT2D eigenvalue weighted by molar-refractivity contribution is 7.80. The van der Waals surface area contributed by atoms with E-state index < -0.39 is 6.04 Å². The molecule has 2 aromatic rings. The van der Waals surface area contributed by atoms with Crippen molar-refractivity contribution in [2.24, 2.45) is 0 Å². The van der Waals surface area contributed by atoms with Gasteiger partial charge in [-0.15, -0.1) is 0 Å². The fraction of sp³-hybridized carbons (Fsp3) is 0.200. The summed E-state index contributed by atoms with van der Waals surface area (Å²) in [6.07, 6.45) is 0. The first-order valence-electron chi connectivity index (χ1n) is 8.56. The van der Waals surface area contributed by atoms with Crippen molar-refractivity contribution in [2.75, 3.05) is 11.9 Å². The molecule has 1 atom stereocenters. The first kappa shape index (κ1) is 19.2. The second-order valence-electron chi connectivity index (χ2n) is 6.01. The van der Waals surface area contributed by atoms with Gasteiger partial charge in [-0.3, -0.25) is 4.79 Å². The van der Waals surface area contributed by atoms with Crippen molar-refractivity contribution in [3.63, 3.8) is 0 Å². The molecule has 5 nitrogen and oxygen atoms in total. The van der Waals surface area contributed by atoms with Crippen LogP contribution >= 0.6 is 23.8 Å². The number of halogens is 1. The average Bonchev–Trinajstić information content (AvgIpc) is 2.63. The second-order valence-corrected chi connectivity index (χ2v) is 6.83. The van der Waals surface area contributed by atoms with Gasteiger partial charge in [0.05, 0.1) is 23.2 Å². The minimum atomic E-state index is -0.421. The highest BCUT2D eigenvalue weighted by Crippen LogP contribution is 2.33. The molecule has 0 unspecified atom stereocenters. The second kappa shape index (κ2) is 8.41. The Hall–Kier alpha value is -2.57. The summed E-state index contributed by atoms with van der Waals surface area (Å²) >= 11 is 11.6. The third kappa shape index (κ3) is 4.40. The molecule has 0 aliphatic carbocycles. The molecule has 0 fully saturated rings. The molecule has 140 valence electrons. The number of amides is 1. The molecule has 1 aliphatic heterocycles. The highest BCUT2D eigenvalue weighted by Gasteiger charge is 2.30. The average molecular weight is 402 g/mol. The van der Waals surface area contributed by atoms with Crippen LogP contribution in [-0.2, 0) is 4.79 Å². The number of para-hydroxylation sites is 1. The molecule has 0 aromatic heterocycles. The number of hydrogen-bond acceptors (Lipinski definition) is 3. The van der Waals surface area contributed by atoms with Gasteiger partial charge >= 0.3 is 0 Å². The summed E-state index contributed by atoms with van der Waals surface area (Å²) in [5.74, 6) is 0.395. The minimum Gasteiger partial charge on any atom is -0.492 e. The Bertz CT molecular complexity index is 899. The molecule has 3 N–H and O–H groups in total. The van der Waals surface area contributed by atoms with E-state index in [1.165, 1.54) is 0 Å². The molecule has 1 heterocycles. The summed E-state index contributed by atoms with van der Waals surface area (Å²) in [5.41, 5.74) is 2.79. The zero-order valence-corrected chi connectivity index (χ0v) is 16.6. The minimum absolute atomic E-state index is 0.212. The molecular weight excluding hydrogens is 382 g/mol. The third-order valence-corrected chi connectivity index (χ3v) is 4.65. The van der Waals surface area contributed by atoms with Gasteiger partial charge in [0.25, 0.3) is 5.91 Å². The molecular formula is C20H20ClN3O2S. The first-order chi connectivity index (χ1) is 13.0. The van der Waals surface area contributed by atoms with E-state index in [1.807, 2.05) is 50.2 Å². The number of benzene rings is 2. The lowest BCUT2D eigenvalue weighted by molar-refractivity contribution is -0.113. The number of rotatable bonds is 5. The van der Waals surface area contributed by atoms with Crippen LogP contribution in [0.3, 0.4) is 0 Å². The van der Waals surface area contributed by atoms with E-state index in [2.05, 4.69) is 16.0 Å². The van der Waals surface area contributed by atoms with Gasteiger partial charge in [0, 0.05) is 11.4 Å². The predicted octanol–water partition coefficient (Wildman–Crippen LogP) is 4.17. The van der Waals surface area contributed by atoms with Crippen molar-refractivity contribution in [1.82, 2.24) is 10.6 Å². The number of carbonyl (C=O) groups excluding carboxylic acids is 1. The van der Waals surface area contributed by atoms with Crippen LogP contribution in [0.15, 0.2) is 59.8 Å². The zero-order chi connectivity index (χ0) is 19.4. The van der Waals surface area contributed by atoms with Crippen LogP contribution in [0.2, 0.25) is 5.02 Å². The Morgan fingerprint density at radius 3 is 2.67 bits per heavy atom. The van der Waals surface area contributed by atoms with Crippen LogP contribution in [0.5, 0.6) is 5.75 Å². The molecule has 3 rings (SSSR count). The van der Waals surface area contributed by atoms with Gasteiger partial charge < -0.3 is 20.7 Å². The number of anilines is 1. The summed E-state index contributed by atoms with van der Waals surface area (Å²) in [5, 5.41) is 10.1. The van der Waals surface area contributed by atoms with Crippen LogP contribution in [0.4, 0.5) is 5.69 Å². The number of ether oxygens (including phenoxy) is 1. The normalized spacial score (nSPS) is 16.4. The van der Waals surface area contributed by atoms with Crippen molar-refractivity contribution in [3.8, 4) is 5.75 Å². The van der Waals surface area contributed by atoms with Gasteiger partial charge in [-0.05, 0) is 55.9 Å². The van der Waals surface area contributed by atoms with E-state index in [0.717, 1.165) is 11.3 Å². The van der Waals surface area contributed by atoms with Crippen LogP contribution in [0, 0.1) is 0 Å². The number of nitrogens with one attached hydrogen (secondary N) is 3. The predicted molar refractivity (Wildman–Crippen MR) is 112 cm³/mol. The lowest BCUT2D eigenvalue weighted by Gasteiger charge is -2.30. The van der Waals surface area contributed by atoms with Gasteiger partial charge in [-0.2, -0.15) is 0 Å². The molecule has 1 amide bonds. The van der Waals surface area contributed by atoms with E-state index in [0.29, 0.717) is 33.8 Å². The number of allylic oxidation sites excluding steroid dienone is 1. The lowest BCUT2D eigenvalue weighted by atomic mass is 9.94. The number of hydrogen-bond donors (Lipinski definition) is 3.